The van der Waals surface area contributed by atoms with Crippen LogP contribution < -0.4 is 5.43 Å². The van der Waals surface area contributed by atoms with Crippen molar-refractivity contribution in [3.8, 4) is 0 Å². The summed E-state index contributed by atoms with van der Waals surface area (Å²) in [4.78, 5) is 17.8. The summed E-state index contributed by atoms with van der Waals surface area (Å²) in [5, 5.41) is 14.4. The third kappa shape index (κ3) is 3.08. The van der Waals surface area contributed by atoms with Crippen molar-refractivity contribution in [2.45, 2.75) is 0 Å². The van der Waals surface area contributed by atoms with Crippen LogP contribution in [0, 0.1) is 10.1 Å². The molecule has 0 radical (unpaired) electrons. The summed E-state index contributed by atoms with van der Waals surface area (Å²) >= 11 is 0. The highest BCUT2D eigenvalue weighted by molar-refractivity contribution is 5.80. The van der Waals surface area contributed by atoms with Crippen molar-refractivity contribution < 1.29 is 4.92 Å². The molecule has 1 N–H and O–H groups in total. The van der Waals surface area contributed by atoms with Gasteiger partial charge in [-0.2, -0.15) is 5.10 Å². The Morgan fingerprint density at radius 3 is 2.67 bits per heavy atom. The van der Waals surface area contributed by atoms with Crippen LogP contribution in [0.3, 0.4) is 0 Å². The lowest BCUT2D eigenvalue weighted by atomic mass is 10.2. The number of aromatic nitrogens is 2. The average Bonchev–Trinajstić information content (AvgIpc) is 2.40. The molecule has 0 aliphatic carbocycles. The molecule has 0 aliphatic rings. The fraction of sp³-hybridized carbons (Fsp3) is 0. The standard InChI is InChI=1S/C11H9N5O2/c17-16(18)10-3-1-9(2-4-10)7-14-15-11-8-12-5-6-13-11/h1-8H,(H,13,15)/b14-7+. The van der Waals surface area contributed by atoms with E-state index in [1.54, 1.807) is 30.7 Å². The molecule has 7 heteroatoms. The van der Waals surface area contributed by atoms with Crippen molar-refractivity contribution in [3.63, 3.8) is 0 Å². The van der Waals surface area contributed by atoms with Crippen LogP contribution in [-0.4, -0.2) is 21.1 Å². The lowest BCUT2D eigenvalue weighted by Gasteiger charge is -1.96. The maximum Gasteiger partial charge on any atom is 0.269 e. The first-order chi connectivity index (χ1) is 8.75. The van der Waals surface area contributed by atoms with Crippen LogP contribution in [0.2, 0.25) is 0 Å². The van der Waals surface area contributed by atoms with E-state index in [1.165, 1.54) is 18.3 Å². The molecule has 2 aromatic rings. The first-order valence-electron chi connectivity index (χ1n) is 5.05. The number of nitro benzene ring substituents is 1. The molecule has 2 rings (SSSR count). The molecule has 0 bridgehead atoms. The van der Waals surface area contributed by atoms with E-state index >= 15 is 0 Å². The Hall–Kier alpha value is -2.83. The van der Waals surface area contributed by atoms with Crippen molar-refractivity contribution >= 4 is 17.7 Å². The van der Waals surface area contributed by atoms with Crippen molar-refractivity contribution in [2.75, 3.05) is 5.43 Å². The summed E-state index contributed by atoms with van der Waals surface area (Å²) in [6, 6.07) is 6.06. The van der Waals surface area contributed by atoms with E-state index in [4.69, 9.17) is 0 Å². The highest BCUT2D eigenvalue weighted by Gasteiger charge is 2.02. The number of nitro groups is 1. The molecular weight excluding hydrogens is 234 g/mol. The second kappa shape index (κ2) is 5.48. The Labute approximate surface area is 102 Å². The zero-order valence-electron chi connectivity index (χ0n) is 9.22. The van der Waals surface area contributed by atoms with Gasteiger partial charge in [-0.25, -0.2) is 4.98 Å². The maximum absolute atomic E-state index is 10.5. The maximum atomic E-state index is 10.5. The van der Waals surface area contributed by atoms with Gasteiger partial charge in [-0.3, -0.25) is 20.5 Å². The van der Waals surface area contributed by atoms with Gasteiger partial charge in [0.25, 0.3) is 5.69 Å². The van der Waals surface area contributed by atoms with Gasteiger partial charge in [-0.1, -0.05) is 0 Å². The van der Waals surface area contributed by atoms with Crippen LogP contribution >= 0.6 is 0 Å². The molecule has 0 saturated heterocycles. The predicted octanol–water partition coefficient (Wildman–Crippen LogP) is 1.83. The Kier molecular flexibility index (Phi) is 3.55. The van der Waals surface area contributed by atoms with Gasteiger partial charge in [0, 0.05) is 24.5 Å². The summed E-state index contributed by atoms with van der Waals surface area (Å²) in [6.07, 6.45) is 6.18. The molecule has 0 saturated carbocycles. The highest BCUT2D eigenvalue weighted by Crippen LogP contribution is 2.10. The van der Waals surface area contributed by atoms with E-state index in [0.29, 0.717) is 5.82 Å². The van der Waals surface area contributed by atoms with Gasteiger partial charge in [0.1, 0.15) is 0 Å². The highest BCUT2D eigenvalue weighted by atomic mass is 16.6. The van der Waals surface area contributed by atoms with Gasteiger partial charge >= 0.3 is 0 Å². The number of non-ortho nitro benzene ring substituents is 1. The number of nitrogens with one attached hydrogen (secondary N) is 1. The van der Waals surface area contributed by atoms with Crippen LogP contribution in [0.25, 0.3) is 0 Å². The van der Waals surface area contributed by atoms with Gasteiger partial charge in [-0.05, 0) is 17.7 Å². The summed E-state index contributed by atoms with van der Waals surface area (Å²) in [5.74, 6) is 0.524. The van der Waals surface area contributed by atoms with Crippen molar-refractivity contribution in [1.29, 1.82) is 0 Å². The fourth-order valence-corrected chi connectivity index (χ4v) is 1.21. The summed E-state index contributed by atoms with van der Waals surface area (Å²) in [6.45, 7) is 0. The number of nitrogens with zero attached hydrogens (tertiary/aromatic N) is 4. The summed E-state index contributed by atoms with van der Waals surface area (Å²) in [5.41, 5.74) is 3.49. The van der Waals surface area contributed by atoms with Crippen molar-refractivity contribution in [1.82, 2.24) is 9.97 Å². The minimum absolute atomic E-state index is 0.0500. The smallest absolute Gasteiger partial charge is 0.260 e. The Morgan fingerprint density at radius 1 is 1.28 bits per heavy atom. The molecule has 0 unspecified atom stereocenters. The molecular formula is C11H9N5O2. The second-order valence-corrected chi connectivity index (χ2v) is 3.31. The van der Waals surface area contributed by atoms with E-state index in [0.717, 1.165) is 5.56 Å². The lowest BCUT2D eigenvalue weighted by molar-refractivity contribution is -0.384. The first kappa shape index (κ1) is 11.6. The van der Waals surface area contributed by atoms with Gasteiger partial charge in [0.05, 0.1) is 17.3 Å². The van der Waals surface area contributed by atoms with Crippen LogP contribution in [0.1, 0.15) is 5.56 Å². The monoisotopic (exact) mass is 243 g/mol. The predicted molar refractivity (Wildman–Crippen MR) is 66.3 cm³/mol. The minimum atomic E-state index is -0.446. The van der Waals surface area contributed by atoms with Gasteiger partial charge < -0.3 is 0 Å². The molecule has 0 spiro atoms. The lowest BCUT2D eigenvalue weighted by Crippen LogP contribution is -1.94. The minimum Gasteiger partial charge on any atom is -0.260 e. The quantitative estimate of drug-likeness (QED) is 0.502. The first-order valence-corrected chi connectivity index (χ1v) is 5.05. The molecule has 0 fully saturated rings. The molecule has 0 atom stereocenters. The molecule has 1 aromatic heterocycles. The largest absolute Gasteiger partial charge is 0.269 e. The van der Waals surface area contributed by atoms with Gasteiger partial charge in [0.2, 0.25) is 0 Å². The number of benzene rings is 1. The molecule has 1 heterocycles. The molecule has 1 aromatic carbocycles. The molecule has 7 nitrogen and oxygen atoms in total. The normalized spacial score (nSPS) is 10.4. The van der Waals surface area contributed by atoms with E-state index in [-0.39, 0.29) is 5.69 Å². The zero-order chi connectivity index (χ0) is 12.8. The Balaban J connectivity index is 1.99. The zero-order valence-corrected chi connectivity index (χ0v) is 9.22. The average molecular weight is 243 g/mol. The summed E-state index contributed by atoms with van der Waals surface area (Å²) in [7, 11) is 0. The van der Waals surface area contributed by atoms with Gasteiger partial charge in [0.15, 0.2) is 5.82 Å². The van der Waals surface area contributed by atoms with Crippen molar-refractivity contribution in [3.05, 3.63) is 58.5 Å². The van der Waals surface area contributed by atoms with Crippen LogP contribution in [0.4, 0.5) is 11.5 Å². The summed E-state index contributed by atoms with van der Waals surface area (Å²) < 4.78 is 0. The number of hydrogen-bond acceptors (Lipinski definition) is 6. The van der Waals surface area contributed by atoms with Crippen LogP contribution in [-0.2, 0) is 0 Å². The topological polar surface area (TPSA) is 93.3 Å². The number of hydrogen-bond donors (Lipinski definition) is 1. The van der Waals surface area contributed by atoms with Crippen molar-refractivity contribution in [2.24, 2.45) is 5.10 Å². The molecule has 18 heavy (non-hydrogen) atoms. The van der Waals surface area contributed by atoms with E-state index in [1.807, 2.05) is 0 Å². The van der Waals surface area contributed by atoms with Crippen LogP contribution in [0.5, 0.6) is 0 Å². The fourth-order valence-electron chi connectivity index (χ4n) is 1.21. The number of anilines is 1. The van der Waals surface area contributed by atoms with Gasteiger partial charge in [-0.15, -0.1) is 0 Å². The van der Waals surface area contributed by atoms with E-state index in [9.17, 15) is 10.1 Å². The van der Waals surface area contributed by atoms with Crippen LogP contribution in [0.15, 0.2) is 48.0 Å². The van der Waals surface area contributed by atoms with E-state index < -0.39 is 4.92 Å². The number of hydrazone groups is 1. The molecule has 0 aliphatic heterocycles. The molecule has 0 amide bonds. The number of rotatable bonds is 4. The third-order valence-electron chi connectivity index (χ3n) is 2.06. The third-order valence-corrected chi connectivity index (χ3v) is 2.06. The SMILES string of the molecule is O=[N+]([O-])c1ccc(/C=N/Nc2cnccn2)cc1. The Bertz CT molecular complexity index is 553. The Morgan fingerprint density at radius 2 is 2.06 bits per heavy atom. The second-order valence-electron chi connectivity index (χ2n) is 3.31. The molecule has 90 valence electrons. The van der Waals surface area contributed by atoms with E-state index in [2.05, 4.69) is 20.5 Å².